The third kappa shape index (κ3) is 4.05. The van der Waals surface area contributed by atoms with Gasteiger partial charge in [0, 0.05) is 19.7 Å². The molecule has 2 nitrogen and oxygen atoms in total. The number of hydrogen-bond donors (Lipinski definition) is 0. The second-order valence-corrected chi connectivity index (χ2v) is 4.21. The number of ketones is 1. The van der Waals surface area contributed by atoms with Crippen LogP contribution in [0.3, 0.4) is 0 Å². The van der Waals surface area contributed by atoms with Crippen LogP contribution in [0.2, 0.25) is 0 Å². The first-order chi connectivity index (χ1) is 9.06. The Hall–Kier alpha value is -1.90. The van der Waals surface area contributed by atoms with E-state index in [0.717, 1.165) is 11.1 Å². The van der Waals surface area contributed by atoms with E-state index in [9.17, 15) is 9.18 Å². The monoisotopic (exact) mass is 261 g/mol. The van der Waals surface area contributed by atoms with Crippen LogP contribution in [-0.4, -0.2) is 10.4 Å². The second-order valence-electron chi connectivity index (χ2n) is 4.21. The van der Waals surface area contributed by atoms with Gasteiger partial charge in [0.2, 0.25) is 0 Å². The van der Waals surface area contributed by atoms with Crippen LogP contribution in [0.25, 0.3) is 0 Å². The normalized spacial score (nSPS) is 9.74. The molecule has 0 bridgehead atoms. The highest BCUT2D eigenvalue weighted by Gasteiger charge is 2.08. The second kappa shape index (κ2) is 6.88. The summed E-state index contributed by atoms with van der Waals surface area (Å²) in [6, 6.07) is 8.19. The lowest BCUT2D eigenvalue weighted by molar-refractivity contribution is 0.100. The zero-order chi connectivity index (χ0) is 14.4. The third-order valence-electron chi connectivity index (χ3n) is 2.66. The predicted octanol–water partition coefficient (Wildman–Crippen LogP) is 4.21. The largest absolute Gasteiger partial charge is 0.340 e. The van der Waals surface area contributed by atoms with Crippen LogP contribution < -0.4 is 0 Å². The molecule has 3 heteroatoms. The molecule has 0 aliphatic rings. The Labute approximate surface area is 113 Å². The Kier molecular flexibility index (Phi) is 5.49. The van der Waals surface area contributed by atoms with E-state index in [0.29, 0.717) is 12.2 Å². The lowest BCUT2D eigenvalue weighted by Gasteiger charge is -2.06. The molecule has 0 radical (unpaired) electrons. The topological polar surface area (TPSA) is 22.0 Å². The maximum Gasteiger partial charge on any atom is 0.176 e. The number of rotatable bonds is 3. The molecule has 2 aromatic rings. The number of carbonyl (C=O) groups is 1. The highest BCUT2D eigenvalue weighted by atomic mass is 19.1. The Morgan fingerprint density at radius 3 is 2.32 bits per heavy atom. The van der Waals surface area contributed by atoms with Gasteiger partial charge in [-0.05, 0) is 36.2 Å². The van der Waals surface area contributed by atoms with Gasteiger partial charge in [0.1, 0.15) is 5.82 Å². The van der Waals surface area contributed by atoms with Gasteiger partial charge < -0.3 is 4.57 Å². The van der Waals surface area contributed by atoms with Gasteiger partial charge in [-0.1, -0.05) is 26.0 Å². The van der Waals surface area contributed by atoms with E-state index >= 15 is 0 Å². The summed E-state index contributed by atoms with van der Waals surface area (Å²) in [5, 5.41) is 0. The molecule has 2 rings (SSSR count). The minimum atomic E-state index is -0.246. The molecule has 1 aromatic heterocycles. The summed E-state index contributed by atoms with van der Waals surface area (Å²) in [5.74, 6) is -0.204. The van der Waals surface area contributed by atoms with Crippen LogP contribution in [0.4, 0.5) is 4.39 Å². The van der Waals surface area contributed by atoms with Crippen molar-refractivity contribution in [2.75, 3.05) is 0 Å². The van der Waals surface area contributed by atoms with Crippen molar-refractivity contribution in [2.24, 2.45) is 0 Å². The molecule has 0 aliphatic heterocycles. The summed E-state index contributed by atoms with van der Waals surface area (Å²) in [6.07, 6.45) is 1.93. The SMILES string of the molecule is CC.CC(=O)c1cc(C)cn1Cc1ccc(F)cc1. The van der Waals surface area contributed by atoms with Gasteiger partial charge in [-0.25, -0.2) is 4.39 Å². The van der Waals surface area contributed by atoms with E-state index < -0.39 is 0 Å². The van der Waals surface area contributed by atoms with Gasteiger partial charge in [-0.15, -0.1) is 0 Å². The highest BCUT2D eigenvalue weighted by molar-refractivity contribution is 5.92. The summed E-state index contributed by atoms with van der Waals surface area (Å²) in [6.45, 7) is 8.09. The summed E-state index contributed by atoms with van der Waals surface area (Å²) >= 11 is 0. The Morgan fingerprint density at radius 2 is 1.79 bits per heavy atom. The van der Waals surface area contributed by atoms with Crippen LogP contribution >= 0.6 is 0 Å². The molecule has 19 heavy (non-hydrogen) atoms. The summed E-state index contributed by atoms with van der Waals surface area (Å²) in [4.78, 5) is 11.4. The van der Waals surface area contributed by atoms with Gasteiger partial charge in [0.15, 0.2) is 5.78 Å². The van der Waals surface area contributed by atoms with Crippen LogP contribution in [0.5, 0.6) is 0 Å². The van der Waals surface area contributed by atoms with Crippen LogP contribution in [0.15, 0.2) is 36.5 Å². The minimum Gasteiger partial charge on any atom is -0.340 e. The Morgan fingerprint density at radius 1 is 1.21 bits per heavy atom. The van der Waals surface area contributed by atoms with Gasteiger partial charge in [0.05, 0.1) is 5.69 Å². The Bertz CT molecular complexity index is 540. The fourth-order valence-electron chi connectivity index (χ4n) is 1.87. The first-order valence-corrected chi connectivity index (χ1v) is 6.48. The predicted molar refractivity (Wildman–Crippen MR) is 76.0 cm³/mol. The lowest BCUT2D eigenvalue weighted by Crippen LogP contribution is -2.06. The van der Waals surface area contributed by atoms with Crippen LogP contribution in [0, 0.1) is 12.7 Å². The maximum atomic E-state index is 12.8. The summed E-state index contributed by atoms with van der Waals surface area (Å²) < 4.78 is 14.7. The van der Waals surface area contributed by atoms with E-state index in [1.807, 2.05) is 37.6 Å². The number of Topliss-reactive ketones (excluding diaryl/α,β-unsaturated/α-hetero) is 1. The van der Waals surface area contributed by atoms with E-state index in [1.165, 1.54) is 12.1 Å². The van der Waals surface area contributed by atoms with E-state index in [-0.39, 0.29) is 11.6 Å². The van der Waals surface area contributed by atoms with Crippen LogP contribution in [-0.2, 0) is 6.54 Å². The highest BCUT2D eigenvalue weighted by Crippen LogP contribution is 2.12. The van der Waals surface area contributed by atoms with Crippen molar-refractivity contribution in [3.8, 4) is 0 Å². The molecular weight excluding hydrogens is 241 g/mol. The van der Waals surface area contributed by atoms with Crippen LogP contribution in [0.1, 0.15) is 42.4 Å². The standard InChI is InChI=1S/C14H14FNO.C2H6/c1-10-7-14(11(2)17)16(8-10)9-12-3-5-13(15)6-4-12;1-2/h3-8H,9H2,1-2H3;1-2H3. The molecule has 0 unspecified atom stereocenters. The van der Waals surface area contributed by atoms with E-state index in [4.69, 9.17) is 0 Å². The maximum absolute atomic E-state index is 12.8. The number of benzene rings is 1. The van der Waals surface area contributed by atoms with Crippen molar-refractivity contribution in [3.05, 3.63) is 59.2 Å². The quantitative estimate of drug-likeness (QED) is 0.758. The molecule has 1 aromatic carbocycles. The molecule has 0 spiro atoms. The van der Waals surface area contributed by atoms with Crippen molar-refractivity contribution in [1.29, 1.82) is 0 Å². The van der Waals surface area contributed by atoms with E-state index in [2.05, 4.69) is 0 Å². The fraction of sp³-hybridized carbons (Fsp3) is 0.312. The zero-order valence-electron chi connectivity index (χ0n) is 11.9. The number of aryl methyl sites for hydroxylation is 1. The van der Waals surface area contributed by atoms with Crippen molar-refractivity contribution in [2.45, 2.75) is 34.2 Å². The average molecular weight is 261 g/mol. The van der Waals surface area contributed by atoms with Gasteiger partial charge in [0.25, 0.3) is 0 Å². The van der Waals surface area contributed by atoms with Crippen molar-refractivity contribution < 1.29 is 9.18 Å². The molecule has 1 heterocycles. The summed E-state index contributed by atoms with van der Waals surface area (Å²) in [5.41, 5.74) is 2.72. The van der Waals surface area contributed by atoms with Crippen molar-refractivity contribution in [3.63, 3.8) is 0 Å². The first kappa shape index (κ1) is 15.2. The number of hydrogen-bond acceptors (Lipinski definition) is 1. The molecule has 0 saturated carbocycles. The first-order valence-electron chi connectivity index (χ1n) is 6.48. The molecule has 0 amide bonds. The van der Waals surface area contributed by atoms with Crippen molar-refractivity contribution >= 4 is 5.78 Å². The minimum absolute atomic E-state index is 0.0419. The fourth-order valence-corrected chi connectivity index (χ4v) is 1.87. The Balaban J connectivity index is 0.000000861. The molecular formula is C16H20FNO. The average Bonchev–Trinajstić information content (AvgIpc) is 2.76. The third-order valence-corrected chi connectivity index (χ3v) is 2.66. The molecule has 0 aliphatic carbocycles. The number of halogens is 1. The smallest absolute Gasteiger partial charge is 0.176 e. The van der Waals surface area contributed by atoms with Gasteiger partial charge >= 0.3 is 0 Å². The summed E-state index contributed by atoms with van der Waals surface area (Å²) in [7, 11) is 0. The lowest BCUT2D eigenvalue weighted by atomic mass is 10.2. The molecule has 0 atom stereocenters. The van der Waals surface area contributed by atoms with Gasteiger partial charge in [-0.3, -0.25) is 4.79 Å². The number of aromatic nitrogens is 1. The van der Waals surface area contributed by atoms with E-state index in [1.54, 1.807) is 19.1 Å². The number of nitrogens with zero attached hydrogens (tertiary/aromatic N) is 1. The molecule has 0 N–H and O–H groups in total. The number of carbonyl (C=O) groups excluding carboxylic acids is 1. The van der Waals surface area contributed by atoms with Crippen molar-refractivity contribution in [1.82, 2.24) is 4.57 Å². The zero-order valence-corrected chi connectivity index (χ0v) is 11.9. The molecule has 0 saturated heterocycles. The molecule has 102 valence electrons. The molecule has 0 fully saturated rings. The van der Waals surface area contributed by atoms with Gasteiger partial charge in [-0.2, -0.15) is 0 Å².